The molecule has 1 aromatic heterocycles. The highest BCUT2D eigenvalue weighted by Gasteiger charge is 2.14. The zero-order chi connectivity index (χ0) is 17.3. The standard InChI is InChI=1S/C20H21NO3/c1-13-4-6-15(7-5-13)11-21(3)12-16-10-19(23)24-20-14(2)18(22)9-8-17(16)20/h4-10,22H,11-12H2,1-3H3/p+1. The molecule has 1 atom stereocenters. The molecule has 2 aromatic carbocycles. The lowest BCUT2D eigenvalue weighted by atomic mass is 10.1. The highest BCUT2D eigenvalue weighted by atomic mass is 16.4. The highest BCUT2D eigenvalue weighted by Crippen LogP contribution is 2.27. The van der Waals surface area contributed by atoms with Crippen LogP contribution in [-0.2, 0) is 13.1 Å². The zero-order valence-electron chi connectivity index (χ0n) is 14.2. The Bertz CT molecular complexity index is 926. The Kier molecular flexibility index (Phi) is 4.40. The number of nitrogens with one attached hydrogen (secondary N) is 1. The van der Waals surface area contributed by atoms with Gasteiger partial charge in [-0.15, -0.1) is 0 Å². The van der Waals surface area contributed by atoms with Gasteiger partial charge in [0, 0.05) is 28.1 Å². The van der Waals surface area contributed by atoms with Gasteiger partial charge in [0.05, 0.1) is 7.05 Å². The molecule has 0 aliphatic carbocycles. The Labute approximate surface area is 141 Å². The molecule has 0 bridgehead atoms. The molecule has 1 unspecified atom stereocenters. The third-order valence-corrected chi connectivity index (χ3v) is 4.34. The number of phenolic OH excluding ortho intramolecular Hbond substituents is 1. The Morgan fingerprint density at radius 1 is 1.04 bits per heavy atom. The van der Waals surface area contributed by atoms with E-state index in [1.54, 1.807) is 19.1 Å². The minimum absolute atomic E-state index is 0.142. The number of fused-ring (bicyclic) bond motifs is 1. The topological polar surface area (TPSA) is 54.9 Å². The van der Waals surface area contributed by atoms with Crippen LogP contribution in [0.2, 0.25) is 0 Å². The fourth-order valence-electron chi connectivity index (χ4n) is 3.00. The van der Waals surface area contributed by atoms with E-state index in [1.165, 1.54) is 16.0 Å². The summed E-state index contributed by atoms with van der Waals surface area (Å²) in [6.07, 6.45) is 0. The molecule has 0 amide bonds. The van der Waals surface area contributed by atoms with E-state index in [0.717, 1.165) is 17.5 Å². The molecule has 4 nitrogen and oxygen atoms in total. The summed E-state index contributed by atoms with van der Waals surface area (Å²) < 4.78 is 5.30. The van der Waals surface area contributed by atoms with Gasteiger partial charge in [0.25, 0.3) is 0 Å². The van der Waals surface area contributed by atoms with Gasteiger partial charge in [0.15, 0.2) is 0 Å². The van der Waals surface area contributed by atoms with Crippen LogP contribution in [0.25, 0.3) is 11.0 Å². The van der Waals surface area contributed by atoms with Gasteiger partial charge in [-0.1, -0.05) is 29.8 Å². The SMILES string of the molecule is Cc1ccc(C[NH+](C)Cc2cc(=O)oc3c(C)c(O)ccc23)cc1. The first-order chi connectivity index (χ1) is 11.4. The maximum Gasteiger partial charge on any atom is 0.336 e. The Morgan fingerprint density at radius 3 is 2.46 bits per heavy atom. The van der Waals surface area contributed by atoms with E-state index in [4.69, 9.17) is 4.42 Å². The van der Waals surface area contributed by atoms with E-state index in [1.807, 2.05) is 6.07 Å². The van der Waals surface area contributed by atoms with Crippen molar-refractivity contribution >= 4 is 11.0 Å². The predicted octanol–water partition coefficient (Wildman–Crippen LogP) is 2.33. The summed E-state index contributed by atoms with van der Waals surface area (Å²) in [5.74, 6) is 0.142. The van der Waals surface area contributed by atoms with Gasteiger partial charge in [-0.2, -0.15) is 0 Å². The van der Waals surface area contributed by atoms with Crippen molar-refractivity contribution in [3.05, 3.63) is 75.1 Å². The van der Waals surface area contributed by atoms with E-state index in [9.17, 15) is 9.90 Å². The Morgan fingerprint density at radius 2 is 1.75 bits per heavy atom. The van der Waals surface area contributed by atoms with Gasteiger partial charge in [-0.3, -0.25) is 0 Å². The first-order valence-electron chi connectivity index (χ1n) is 8.06. The van der Waals surface area contributed by atoms with Gasteiger partial charge in [0.2, 0.25) is 0 Å². The van der Waals surface area contributed by atoms with Crippen LogP contribution in [0, 0.1) is 13.8 Å². The number of phenols is 1. The Hall–Kier alpha value is -2.59. The lowest BCUT2D eigenvalue weighted by Gasteiger charge is -2.15. The van der Waals surface area contributed by atoms with Crippen molar-refractivity contribution < 1.29 is 14.4 Å². The average molecular weight is 324 g/mol. The molecule has 0 saturated heterocycles. The molecule has 0 radical (unpaired) electrons. The number of aromatic hydroxyl groups is 1. The quantitative estimate of drug-likeness (QED) is 0.724. The van der Waals surface area contributed by atoms with Crippen LogP contribution in [0.3, 0.4) is 0 Å². The number of aryl methyl sites for hydroxylation is 2. The van der Waals surface area contributed by atoms with E-state index in [2.05, 4.69) is 38.2 Å². The normalized spacial score (nSPS) is 12.5. The molecule has 3 aromatic rings. The van der Waals surface area contributed by atoms with Crippen molar-refractivity contribution in [3.63, 3.8) is 0 Å². The van der Waals surface area contributed by atoms with Crippen molar-refractivity contribution in [1.82, 2.24) is 0 Å². The molecule has 124 valence electrons. The molecule has 0 aliphatic rings. The average Bonchev–Trinajstić information content (AvgIpc) is 2.53. The smallest absolute Gasteiger partial charge is 0.336 e. The van der Waals surface area contributed by atoms with Crippen molar-refractivity contribution in [2.75, 3.05) is 7.05 Å². The van der Waals surface area contributed by atoms with Crippen molar-refractivity contribution in [2.24, 2.45) is 0 Å². The van der Waals surface area contributed by atoms with Crippen molar-refractivity contribution in [3.8, 4) is 5.75 Å². The minimum Gasteiger partial charge on any atom is -0.508 e. The lowest BCUT2D eigenvalue weighted by Crippen LogP contribution is -3.06. The molecule has 0 aliphatic heterocycles. The van der Waals surface area contributed by atoms with Gasteiger partial charge in [0.1, 0.15) is 24.4 Å². The van der Waals surface area contributed by atoms with Gasteiger partial charge < -0.3 is 14.4 Å². The lowest BCUT2D eigenvalue weighted by molar-refractivity contribution is -0.907. The molecule has 24 heavy (non-hydrogen) atoms. The molecular formula is C20H22NO3+. The van der Waals surface area contributed by atoms with E-state index < -0.39 is 0 Å². The van der Waals surface area contributed by atoms with Crippen LogP contribution in [-0.4, -0.2) is 12.2 Å². The summed E-state index contributed by atoms with van der Waals surface area (Å²) in [5.41, 5.74) is 4.14. The molecule has 0 fully saturated rings. The van der Waals surface area contributed by atoms with Gasteiger partial charge in [-0.05, 0) is 26.0 Å². The maximum absolute atomic E-state index is 11.9. The predicted molar refractivity (Wildman–Crippen MR) is 94.4 cm³/mol. The monoisotopic (exact) mass is 324 g/mol. The summed E-state index contributed by atoms with van der Waals surface area (Å²) >= 11 is 0. The second-order valence-electron chi connectivity index (χ2n) is 6.47. The minimum atomic E-state index is -0.380. The fourth-order valence-corrected chi connectivity index (χ4v) is 3.00. The van der Waals surface area contributed by atoms with Crippen molar-refractivity contribution in [1.29, 1.82) is 0 Å². The molecular weight excluding hydrogens is 302 g/mol. The first-order valence-corrected chi connectivity index (χ1v) is 8.06. The summed E-state index contributed by atoms with van der Waals surface area (Å²) in [6, 6.07) is 13.5. The zero-order valence-corrected chi connectivity index (χ0v) is 14.2. The molecule has 3 rings (SSSR count). The maximum atomic E-state index is 11.9. The number of hydrogen-bond acceptors (Lipinski definition) is 3. The van der Waals surface area contributed by atoms with E-state index >= 15 is 0 Å². The Balaban J connectivity index is 1.90. The summed E-state index contributed by atoms with van der Waals surface area (Å²) in [7, 11) is 2.10. The molecule has 4 heteroatoms. The van der Waals surface area contributed by atoms with Crippen LogP contribution in [0.1, 0.15) is 22.3 Å². The van der Waals surface area contributed by atoms with E-state index in [-0.39, 0.29) is 11.4 Å². The number of quaternary nitrogens is 1. The molecule has 0 spiro atoms. The summed E-state index contributed by atoms with van der Waals surface area (Å²) in [4.78, 5) is 13.2. The van der Waals surface area contributed by atoms with Crippen molar-refractivity contribution in [2.45, 2.75) is 26.9 Å². The van der Waals surface area contributed by atoms with Gasteiger partial charge in [-0.25, -0.2) is 4.79 Å². The molecule has 1 heterocycles. The second-order valence-corrected chi connectivity index (χ2v) is 6.47. The largest absolute Gasteiger partial charge is 0.508 e. The van der Waals surface area contributed by atoms with Crippen LogP contribution in [0.4, 0.5) is 0 Å². The van der Waals surface area contributed by atoms with Crippen LogP contribution < -0.4 is 10.5 Å². The fraction of sp³-hybridized carbons (Fsp3) is 0.250. The van der Waals surface area contributed by atoms with Gasteiger partial charge >= 0.3 is 5.63 Å². The highest BCUT2D eigenvalue weighted by molar-refractivity contribution is 5.84. The van der Waals surface area contributed by atoms with Crippen LogP contribution in [0.15, 0.2) is 51.7 Å². The third-order valence-electron chi connectivity index (χ3n) is 4.34. The first kappa shape index (κ1) is 16.3. The van der Waals surface area contributed by atoms with Crippen LogP contribution in [0.5, 0.6) is 5.75 Å². The molecule has 2 N–H and O–H groups in total. The van der Waals surface area contributed by atoms with E-state index in [0.29, 0.717) is 17.7 Å². The number of benzene rings is 2. The number of hydrogen-bond donors (Lipinski definition) is 2. The van der Waals surface area contributed by atoms with Crippen LogP contribution >= 0.6 is 0 Å². The molecule has 0 saturated carbocycles. The summed E-state index contributed by atoms with van der Waals surface area (Å²) in [6.45, 7) is 5.42. The summed E-state index contributed by atoms with van der Waals surface area (Å²) in [5, 5.41) is 10.7. The third kappa shape index (κ3) is 3.34. The number of rotatable bonds is 4. The second kappa shape index (κ2) is 6.49.